The van der Waals surface area contributed by atoms with Crippen LogP contribution in [0.4, 0.5) is 30.2 Å². The summed E-state index contributed by atoms with van der Waals surface area (Å²) in [6.07, 6.45) is 0. The molecular weight excluding hydrogens is 241 g/mol. The van der Waals surface area contributed by atoms with Crippen LogP contribution in [0.1, 0.15) is 0 Å². The second kappa shape index (κ2) is 4.60. The standard InChI is InChI=1S/C13H11F3N2/c1-18(12-6-8(14)2-4-10(12)16)13-7-9(15)3-5-11(13)17/h2-7H,17H2,1H3. The highest BCUT2D eigenvalue weighted by molar-refractivity contribution is 5.74. The van der Waals surface area contributed by atoms with Crippen molar-refractivity contribution in [3.05, 3.63) is 53.8 Å². The normalized spacial score (nSPS) is 10.4. The Morgan fingerprint density at radius 3 is 2.11 bits per heavy atom. The first-order chi connectivity index (χ1) is 8.49. The van der Waals surface area contributed by atoms with E-state index in [4.69, 9.17) is 5.73 Å². The maximum Gasteiger partial charge on any atom is 0.147 e. The maximum absolute atomic E-state index is 13.6. The molecule has 2 N–H and O–H groups in total. The predicted molar refractivity (Wildman–Crippen MR) is 65.2 cm³/mol. The summed E-state index contributed by atoms with van der Waals surface area (Å²) in [6, 6.07) is 6.80. The lowest BCUT2D eigenvalue weighted by molar-refractivity contribution is 0.600. The summed E-state index contributed by atoms with van der Waals surface area (Å²) in [5, 5.41) is 0. The van der Waals surface area contributed by atoms with Crippen LogP contribution in [0.3, 0.4) is 0 Å². The van der Waals surface area contributed by atoms with Gasteiger partial charge in [-0.3, -0.25) is 0 Å². The Hall–Kier alpha value is -2.17. The number of hydrogen-bond donors (Lipinski definition) is 1. The molecular formula is C13H11F3N2. The molecule has 2 aromatic carbocycles. The molecule has 0 atom stereocenters. The zero-order chi connectivity index (χ0) is 13.3. The van der Waals surface area contributed by atoms with Crippen molar-refractivity contribution < 1.29 is 13.2 Å². The van der Waals surface area contributed by atoms with E-state index in [1.54, 1.807) is 0 Å². The number of rotatable bonds is 2. The Labute approximate surface area is 102 Å². The molecule has 2 rings (SSSR count). The van der Waals surface area contributed by atoms with E-state index in [-0.39, 0.29) is 17.1 Å². The third-order valence-electron chi connectivity index (χ3n) is 2.62. The molecule has 0 bridgehead atoms. The first-order valence-corrected chi connectivity index (χ1v) is 5.23. The fraction of sp³-hybridized carbons (Fsp3) is 0.0769. The van der Waals surface area contributed by atoms with Gasteiger partial charge in [0.05, 0.1) is 17.1 Å². The summed E-state index contributed by atoms with van der Waals surface area (Å²) in [6.45, 7) is 0. The van der Waals surface area contributed by atoms with E-state index in [1.807, 2.05) is 0 Å². The first kappa shape index (κ1) is 12.3. The van der Waals surface area contributed by atoms with E-state index in [0.717, 1.165) is 18.2 Å². The Morgan fingerprint density at radius 1 is 0.889 bits per heavy atom. The van der Waals surface area contributed by atoms with Crippen LogP contribution in [-0.2, 0) is 0 Å². The van der Waals surface area contributed by atoms with Crippen molar-refractivity contribution in [1.82, 2.24) is 0 Å². The average Bonchev–Trinajstić information content (AvgIpc) is 2.34. The molecule has 0 saturated heterocycles. The summed E-state index contributed by atoms with van der Waals surface area (Å²) >= 11 is 0. The van der Waals surface area contributed by atoms with Gasteiger partial charge in [-0.05, 0) is 30.3 Å². The molecule has 18 heavy (non-hydrogen) atoms. The molecule has 2 nitrogen and oxygen atoms in total. The van der Waals surface area contributed by atoms with Gasteiger partial charge in [0, 0.05) is 13.1 Å². The van der Waals surface area contributed by atoms with Crippen molar-refractivity contribution in [2.45, 2.75) is 0 Å². The highest BCUT2D eigenvalue weighted by Gasteiger charge is 2.13. The molecule has 2 aromatic rings. The van der Waals surface area contributed by atoms with Crippen molar-refractivity contribution >= 4 is 17.1 Å². The van der Waals surface area contributed by atoms with Gasteiger partial charge in [-0.1, -0.05) is 0 Å². The van der Waals surface area contributed by atoms with Gasteiger partial charge >= 0.3 is 0 Å². The van der Waals surface area contributed by atoms with Crippen molar-refractivity contribution in [3.8, 4) is 0 Å². The van der Waals surface area contributed by atoms with Crippen LogP contribution in [0.2, 0.25) is 0 Å². The minimum atomic E-state index is -0.609. The second-order valence-corrected chi connectivity index (χ2v) is 3.86. The van der Waals surface area contributed by atoms with Crippen LogP contribution in [0, 0.1) is 17.5 Å². The van der Waals surface area contributed by atoms with Gasteiger partial charge in [0.1, 0.15) is 17.5 Å². The largest absolute Gasteiger partial charge is 0.397 e. The zero-order valence-electron chi connectivity index (χ0n) is 9.62. The monoisotopic (exact) mass is 252 g/mol. The highest BCUT2D eigenvalue weighted by atomic mass is 19.1. The zero-order valence-corrected chi connectivity index (χ0v) is 9.62. The number of hydrogen-bond acceptors (Lipinski definition) is 2. The fourth-order valence-corrected chi connectivity index (χ4v) is 1.68. The summed E-state index contributed by atoms with van der Waals surface area (Å²) in [5.41, 5.74) is 6.24. The molecule has 0 saturated carbocycles. The molecule has 0 unspecified atom stereocenters. The molecule has 0 aliphatic carbocycles. The second-order valence-electron chi connectivity index (χ2n) is 3.86. The molecule has 0 aliphatic rings. The molecule has 0 heterocycles. The van der Waals surface area contributed by atoms with E-state index in [1.165, 1.54) is 30.1 Å². The number of nitrogens with zero attached hydrogens (tertiary/aromatic N) is 1. The van der Waals surface area contributed by atoms with Gasteiger partial charge in [0.15, 0.2) is 0 Å². The molecule has 5 heteroatoms. The van der Waals surface area contributed by atoms with E-state index < -0.39 is 17.5 Å². The molecule has 94 valence electrons. The van der Waals surface area contributed by atoms with Crippen molar-refractivity contribution in [2.75, 3.05) is 17.7 Å². The third-order valence-corrected chi connectivity index (χ3v) is 2.62. The lowest BCUT2D eigenvalue weighted by Gasteiger charge is -2.21. The number of nitrogen functional groups attached to an aromatic ring is 1. The lowest BCUT2D eigenvalue weighted by atomic mass is 10.2. The maximum atomic E-state index is 13.6. The molecule has 0 radical (unpaired) electrons. The fourth-order valence-electron chi connectivity index (χ4n) is 1.68. The Morgan fingerprint density at radius 2 is 1.44 bits per heavy atom. The van der Waals surface area contributed by atoms with E-state index in [9.17, 15) is 13.2 Å². The Bertz CT molecular complexity index is 533. The average molecular weight is 252 g/mol. The molecule has 0 spiro atoms. The summed E-state index contributed by atoms with van der Waals surface area (Å²) in [4.78, 5) is 1.30. The van der Waals surface area contributed by atoms with E-state index in [2.05, 4.69) is 0 Å². The first-order valence-electron chi connectivity index (χ1n) is 5.23. The summed E-state index contributed by atoms with van der Waals surface area (Å²) in [5.74, 6) is -1.68. The van der Waals surface area contributed by atoms with Gasteiger partial charge in [0.25, 0.3) is 0 Å². The number of halogens is 3. The summed E-state index contributed by atoms with van der Waals surface area (Å²) in [7, 11) is 1.49. The van der Waals surface area contributed by atoms with Crippen LogP contribution in [0.15, 0.2) is 36.4 Å². The number of anilines is 3. The molecule has 0 aliphatic heterocycles. The van der Waals surface area contributed by atoms with E-state index in [0.29, 0.717) is 0 Å². The minimum Gasteiger partial charge on any atom is -0.397 e. The van der Waals surface area contributed by atoms with Crippen molar-refractivity contribution in [1.29, 1.82) is 0 Å². The van der Waals surface area contributed by atoms with Crippen LogP contribution in [0.25, 0.3) is 0 Å². The molecule has 0 amide bonds. The Kier molecular flexibility index (Phi) is 3.14. The van der Waals surface area contributed by atoms with Gasteiger partial charge in [-0.15, -0.1) is 0 Å². The van der Waals surface area contributed by atoms with Crippen LogP contribution < -0.4 is 10.6 Å². The van der Waals surface area contributed by atoms with Crippen molar-refractivity contribution in [3.63, 3.8) is 0 Å². The SMILES string of the molecule is CN(c1cc(F)ccc1N)c1cc(F)ccc1F. The van der Waals surface area contributed by atoms with Crippen LogP contribution in [-0.4, -0.2) is 7.05 Å². The number of nitrogens with two attached hydrogens (primary N) is 1. The van der Waals surface area contributed by atoms with Gasteiger partial charge in [-0.2, -0.15) is 0 Å². The molecule has 0 aromatic heterocycles. The van der Waals surface area contributed by atoms with Gasteiger partial charge in [0.2, 0.25) is 0 Å². The third kappa shape index (κ3) is 2.25. The number of benzene rings is 2. The lowest BCUT2D eigenvalue weighted by Crippen LogP contribution is -2.13. The topological polar surface area (TPSA) is 29.3 Å². The quantitative estimate of drug-likeness (QED) is 0.829. The van der Waals surface area contributed by atoms with Gasteiger partial charge < -0.3 is 10.6 Å². The van der Waals surface area contributed by atoms with Gasteiger partial charge in [-0.25, -0.2) is 13.2 Å². The predicted octanol–water partition coefficient (Wildman–Crippen LogP) is 3.45. The van der Waals surface area contributed by atoms with Crippen LogP contribution >= 0.6 is 0 Å². The minimum absolute atomic E-state index is 0.00713. The molecule has 0 fully saturated rings. The van der Waals surface area contributed by atoms with Crippen molar-refractivity contribution in [2.24, 2.45) is 0 Å². The smallest absolute Gasteiger partial charge is 0.147 e. The van der Waals surface area contributed by atoms with Crippen LogP contribution in [0.5, 0.6) is 0 Å². The highest BCUT2D eigenvalue weighted by Crippen LogP contribution is 2.31. The summed E-state index contributed by atoms with van der Waals surface area (Å²) < 4.78 is 39.9. The van der Waals surface area contributed by atoms with E-state index >= 15 is 0 Å². The Balaban J connectivity index is 2.50.